The maximum Gasteiger partial charge on any atom is 0.211 e. The Hall–Kier alpha value is -1.05. The number of halogens is 2. The fourth-order valence-corrected chi connectivity index (χ4v) is 2.85. The fourth-order valence-electron chi connectivity index (χ4n) is 1.75. The van der Waals surface area contributed by atoms with E-state index >= 15 is 0 Å². The van der Waals surface area contributed by atoms with Crippen LogP contribution in [0, 0.1) is 11.6 Å². The number of rotatable bonds is 9. The molecule has 0 aliphatic heterocycles. The summed E-state index contributed by atoms with van der Waals surface area (Å²) >= 11 is 0. The van der Waals surface area contributed by atoms with Crippen molar-refractivity contribution in [2.24, 2.45) is 0 Å². The average Bonchev–Trinajstić information content (AvgIpc) is 2.39. The average molecular weight is 320 g/mol. The molecule has 21 heavy (non-hydrogen) atoms. The first-order valence-electron chi connectivity index (χ1n) is 6.95. The zero-order valence-corrected chi connectivity index (χ0v) is 13.1. The second kappa shape index (κ2) is 8.41. The molecule has 4 nitrogen and oxygen atoms in total. The largest absolute Gasteiger partial charge is 0.315 e. The zero-order chi connectivity index (χ0) is 15.9. The smallest absolute Gasteiger partial charge is 0.211 e. The Bertz CT molecular complexity index is 548. The summed E-state index contributed by atoms with van der Waals surface area (Å²) in [7, 11) is -3.48. The first-order valence-corrected chi connectivity index (χ1v) is 8.60. The van der Waals surface area contributed by atoms with Gasteiger partial charge in [-0.2, -0.15) is 0 Å². The van der Waals surface area contributed by atoms with Crippen molar-refractivity contribution in [3.8, 4) is 0 Å². The lowest BCUT2D eigenvalue weighted by Gasteiger charge is -2.09. The molecule has 0 atom stereocenters. The van der Waals surface area contributed by atoms with E-state index in [1.165, 1.54) is 0 Å². The van der Waals surface area contributed by atoms with Crippen LogP contribution in [0.3, 0.4) is 0 Å². The van der Waals surface area contributed by atoms with E-state index in [2.05, 4.69) is 10.0 Å². The summed E-state index contributed by atoms with van der Waals surface area (Å²) in [4.78, 5) is 0. The van der Waals surface area contributed by atoms with Gasteiger partial charge in [0, 0.05) is 18.2 Å². The van der Waals surface area contributed by atoms with Crippen LogP contribution in [0.5, 0.6) is 0 Å². The standard InChI is InChI=1S/C14H22F2N2O2S/c1-11(2)17-7-3-4-8-21(19,20)18-10-12-9-13(15)5-6-14(12)16/h5-6,9,11,17-18H,3-4,7-8,10H2,1-2H3. The van der Waals surface area contributed by atoms with Crippen molar-refractivity contribution in [1.82, 2.24) is 10.0 Å². The van der Waals surface area contributed by atoms with E-state index in [9.17, 15) is 17.2 Å². The summed E-state index contributed by atoms with van der Waals surface area (Å²) in [5.41, 5.74) is 0.0000458. The van der Waals surface area contributed by atoms with Gasteiger partial charge in [-0.25, -0.2) is 21.9 Å². The topological polar surface area (TPSA) is 58.2 Å². The van der Waals surface area contributed by atoms with Gasteiger partial charge in [0.15, 0.2) is 0 Å². The molecule has 0 aliphatic rings. The van der Waals surface area contributed by atoms with Gasteiger partial charge in [-0.15, -0.1) is 0 Å². The van der Waals surface area contributed by atoms with E-state index < -0.39 is 21.7 Å². The van der Waals surface area contributed by atoms with Gasteiger partial charge >= 0.3 is 0 Å². The van der Waals surface area contributed by atoms with E-state index in [0.29, 0.717) is 12.5 Å². The predicted molar refractivity (Wildman–Crippen MR) is 79.4 cm³/mol. The molecule has 120 valence electrons. The maximum absolute atomic E-state index is 13.4. The molecule has 1 rings (SSSR count). The first kappa shape index (κ1) is 18.0. The predicted octanol–water partition coefficient (Wildman–Crippen LogP) is 2.16. The molecule has 0 fully saturated rings. The van der Waals surface area contributed by atoms with Gasteiger partial charge in [-0.05, 0) is 37.6 Å². The van der Waals surface area contributed by atoms with E-state index in [1.54, 1.807) is 0 Å². The van der Waals surface area contributed by atoms with Crippen molar-refractivity contribution in [2.45, 2.75) is 39.3 Å². The van der Waals surface area contributed by atoms with Crippen LogP contribution in [0.15, 0.2) is 18.2 Å². The van der Waals surface area contributed by atoms with Gasteiger partial charge in [0.25, 0.3) is 0 Å². The highest BCUT2D eigenvalue weighted by Crippen LogP contribution is 2.09. The Kier molecular flexibility index (Phi) is 7.21. The third kappa shape index (κ3) is 7.50. The van der Waals surface area contributed by atoms with Crippen molar-refractivity contribution in [1.29, 1.82) is 0 Å². The lowest BCUT2D eigenvalue weighted by molar-refractivity contribution is 0.552. The van der Waals surface area contributed by atoms with Gasteiger partial charge in [-0.3, -0.25) is 0 Å². The molecule has 0 heterocycles. The molecule has 0 unspecified atom stereocenters. The number of sulfonamides is 1. The number of unbranched alkanes of at least 4 members (excludes halogenated alkanes) is 1. The summed E-state index contributed by atoms with van der Waals surface area (Å²) in [6, 6.07) is 3.34. The van der Waals surface area contributed by atoms with E-state index in [4.69, 9.17) is 0 Å². The summed E-state index contributed by atoms with van der Waals surface area (Å²) in [5.74, 6) is -1.24. The Balaban J connectivity index is 2.37. The van der Waals surface area contributed by atoms with Crippen molar-refractivity contribution in [3.05, 3.63) is 35.4 Å². The van der Waals surface area contributed by atoms with Crippen molar-refractivity contribution >= 4 is 10.0 Å². The molecule has 0 bridgehead atoms. The van der Waals surface area contributed by atoms with Gasteiger partial charge in [-0.1, -0.05) is 13.8 Å². The van der Waals surface area contributed by atoms with Crippen LogP contribution in [0.25, 0.3) is 0 Å². The lowest BCUT2D eigenvalue weighted by atomic mass is 10.2. The minimum atomic E-state index is -3.48. The van der Waals surface area contributed by atoms with Gasteiger partial charge < -0.3 is 5.32 Å². The van der Waals surface area contributed by atoms with Crippen LogP contribution in [0.2, 0.25) is 0 Å². The van der Waals surface area contributed by atoms with E-state index in [-0.39, 0.29) is 17.9 Å². The van der Waals surface area contributed by atoms with Crippen molar-refractivity contribution in [2.75, 3.05) is 12.3 Å². The molecule has 0 radical (unpaired) electrons. The minimum absolute atomic E-state index is 0.0000458. The molecule has 0 saturated heterocycles. The Labute approximate surface area is 125 Å². The summed E-state index contributed by atoms with van der Waals surface area (Å²) in [6.07, 6.45) is 1.26. The van der Waals surface area contributed by atoms with Crippen LogP contribution in [0.1, 0.15) is 32.3 Å². The molecule has 7 heteroatoms. The van der Waals surface area contributed by atoms with Crippen molar-refractivity contribution < 1.29 is 17.2 Å². The third-order valence-electron chi connectivity index (χ3n) is 2.88. The Morgan fingerprint density at radius 2 is 1.90 bits per heavy atom. The molecule has 0 amide bonds. The summed E-state index contributed by atoms with van der Waals surface area (Å²) in [5, 5.41) is 3.20. The fraction of sp³-hybridized carbons (Fsp3) is 0.571. The molecule has 0 saturated carbocycles. The first-order chi connectivity index (χ1) is 9.80. The molecule has 2 N–H and O–H groups in total. The highest BCUT2D eigenvalue weighted by molar-refractivity contribution is 7.89. The number of hydrogen-bond donors (Lipinski definition) is 2. The third-order valence-corrected chi connectivity index (χ3v) is 4.29. The molecule has 0 aromatic heterocycles. The Morgan fingerprint density at radius 3 is 2.57 bits per heavy atom. The second-order valence-corrected chi connectivity index (χ2v) is 7.12. The molecular formula is C14H22F2N2O2S. The van der Waals surface area contributed by atoms with Crippen LogP contribution in [-0.2, 0) is 16.6 Å². The zero-order valence-electron chi connectivity index (χ0n) is 12.3. The molecule has 0 aliphatic carbocycles. The number of hydrogen-bond acceptors (Lipinski definition) is 3. The summed E-state index contributed by atoms with van der Waals surface area (Å²) in [6.45, 7) is 4.56. The molecule has 1 aromatic rings. The highest BCUT2D eigenvalue weighted by atomic mass is 32.2. The minimum Gasteiger partial charge on any atom is -0.315 e. The lowest BCUT2D eigenvalue weighted by Crippen LogP contribution is -2.28. The maximum atomic E-state index is 13.4. The van der Waals surface area contributed by atoms with Gasteiger partial charge in [0.05, 0.1) is 5.75 Å². The normalized spacial score (nSPS) is 12.0. The quantitative estimate of drug-likeness (QED) is 0.686. The molecule has 1 aromatic carbocycles. The second-order valence-electron chi connectivity index (χ2n) is 5.19. The van der Waals surface area contributed by atoms with Crippen LogP contribution in [-0.4, -0.2) is 26.8 Å². The molecular weight excluding hydrogens is 298 g/mol. The van der Waals surface area contributed by atoms with Crippen LogP contribution in [0.4, 0.5) is 8.78 Å². The highest BCUT2D eigenvalue weighted by Gasteiger charge is 2.11. The molecule has 0 spiro atoms. The monoisotopic (exact) mass is 320 g/mol. The van der Waals surface area contributed by atoms with E-state index in [1.807, 2.05) is 13.8 Å². The SMILES string of the molecule is CC(C)NCCCCS(=O)(=O)NCc1cc(F)ccc1F. The van der Waals surface area contributed by atoms with E-state index in [0.717, 1.165) is 31.2 Å². The van der Waals surface area contributed by atoms with Crippen molar-refractivity contribution in [3.63, 3.8) is 0 Å². The van der Waals surface area contributed by atoms with Gasteiger partial charge in [0.2, 0.25) is 10.0 Å². The van der Waals surface area contributed by atoms with Crippen LogP contribution >= 0.6 is 0 Å². The van der Waals surface area contributed by atoms with Gasteiger partial charge in [0.1, 0.15) is 11.6 Å². The summed E-state index contributed by atoms with van der Waals surface area (Å²) < 4.78 is 52.1. The van der Waals surface area contributed by atoms with Crippen LogP contribution < -0.4 is 10.0 Å². The Morgan fingerprint density at radius 1 is 1.19 bits per heavy atom. The number of nitrogens with one attached hydrogen (secondary N) is 2. The number of benzene rings is 1.